The summed E-state index contributed by atoms with van der Waals surface area (Å²) in [6.07, 6.45) is 33.1. The fourth-order valence-corrected chi connectivity index (χ4v) is 10.7. The SMILES string of the molecule is CCC(C)CCCC(C)CCC(CC=C(C)C)C(C)COP(=O)(OCC(C)C(CC=C(C)C)CCC(C)CCCC(C)CC)OCC(C)C(CC=C(C)C)CCC(C)CCCC(C)CC. The number of allylic oxidation sites excluding steroid dienone is 6. The highest BCUT2D eigenvalue weighted by Gasteiger charge is 2.33. The minimum atomic E-state index is -3.86. The van der Waals surface area contributed by atoms with Gasteiger partial charge in [0.15, 0.2) is 0 Å². The smallest absolute Gasteiger partial charge is 0.287 e. The first-order valence-corrected chi connectivity index (χ1v) is 29.5. The molecular formula is C60H117O4P. The second-order valence-corrected chi connectivity index (χ2v) is 25.1. The first kappa shape index (κ1) is 64.3. The van der Waals surface area contributed by atoms with Crippen molar-refractivity contribution >= 4 is 7.82 Å². The third-order valence-electron chi connectivity index (χ3n) is 15.8. The minimum absolute atomic E-state index is 0.229. The third kappa shape index (κ3) is 34.3. The second-order valence-electron chi connectivity index (χ2n) is 23.5. The maximum absolute atomic E-state index is 15.1. The lowest BCUT2D eigenvalue weighted by molar-refractivity contribution is 0.0609. The molecule has 0 N–H and O–H groups in total. The molecule has 12 unspecified atom stereocenters. The molecular weight excluding hydrogens is 816 g/mol. The van der Waals surface area contributed by atoms with Gasteiger partial charge in [-0.2, -0.15) is 0 Å². The standard InChI is InChI=1S/C60H117O4P/c1-19-49(10)25-22-28-52(13)34-40-58(37-31-46(4)5)55(16)43-62-65(61,63-44-56(17)59(38-32-47(6)7)41-35-53(14)29-23-26-50(11)20-2)64-45-57(18)60(39-33-48(8)9)42-36-54(15)30-24-27-51(12)21-3/h31-33,49-60H,19-30,34-45H2,1-18H3. The number of phosphoric ester groups is 1. The zero-order valence-corrected chi connectivity index (χ0v) is 48.1. The number of rotatable bonds is 42. The van der Waals surface area contributed by atoms with Gasteiger partial charge in [0.1, 0.15) is 0 Å². The lowest BCUT2D eigenvalue weighted by Gasteiger charge is -2.30. The van der Waals surface area contributed by atoms with Gasteiger partial charge in [0.05, 0.1) is 19.8 Å². The Labute approximate surface area is 409 Å². The van der Waals surface area contributed by atoms with Gasteiger partial charge in [-0.15, -0.1) is 0 Å². The molecule has 0 saturated carbocycles. The molecule has 0 rings (SSSR count). The molecule has 5 heteroatoms. The molecule has 12 atom stereocenters. The van der Waals surface area contributed by atoms with Crippen LogP contribution in [0.4, 0.5) is 0 Å². The van der Waals surface area contributed by atoms with Crippen molar-refractivity contribution in [3.63, 3.8) is 0 Å². The van der Waals surface area contributed by atoms with Gasteiger partial charge in [-0.1, -0.05) is 214 Å². The lowest BCUT2D eigenvalue weighted by Crippen LogP contribution is -2.22. The third-order valence-corrected chi connectivity index (χ3v) is 17.1. The van der Waals surface area contributed by atoms with Gasteiger partial charge >= 0.3 is 7.82 Å². The monoisotopic (exact) mass is 933 g/mol. The molecule has 0 aromatic rings. The summed E-state index contributed by atoms with van der Waals surface area (Å²) in [4.78, 5) is 0. The first-order valence-electron chi connectivity index (χ1n) is 28.1. The van der Waals surface area contributed by atoms with Crippen molar-refractivity contribution in [2.75, 3.05) is 19.8 Å². The number of hydrogen-bond acceptors (Lipinski definition) is 4. The molecule has 386 valence electrons. The van der Waals surface area contributed by atoms with Gasteiger partial charge in [-0.25, -0.2) is 4.57 Å². The lowest BCUT2D eigenvalue weighted by atomic mass is 9.83. The molecule has 0 radical (unpaired) electrons. The van der Waals surface area contributed by atoms with E-state index < -0.39 is 7.82 Å². The van der Waals surface area contributed by atoms with Crippen molar-refractivity contribution in [1.82, 2.24) is 0 Å². The number of hydrogen-bond donors (Lipinski definition) is 0. The highest BCUT2D eigenvalue weighted by Crippen LogP contribution is 2.52. The summed E-state index contributed by atoms with van der Waals surface area (Å²) < 4.78 is 34.7. The van der Waals surface area contributed by atoms with Gasteiger partial charge in [0.2, 0.25) is 0 Å². The van der Waals surface area contributed by atoms with Gasteiger partial charge in [-0.05, 0) is 151 Å². The fraction of sp³-hybridized carbons (Fsp3) is 0.900. The molecule has 0 aromatic carbocycles. The van der Waals surface area contributed by atoms with E-state index >= 15 is 4.57 Å². The largest absolute Gasteiger partial charge is 0.474 e. The highest BCUT2D eigenvalue weighted by atomic mass is 31.2. The maximum Gasteiger partial charge on any atom is 0.474 e. The van der Waals surface area contributed by atoms with E-state index in [-0.39, 0.29) is 17.8 Å². The molecule has 0 amide bonds. The minimum Gasteiger partial charge on any atom is -0.287 e. The summed E-state index contributed by atoms with van der Waals surface area (Å²) >= 11 is 0. The summed E-state index contributed by atoms with van der Waals surface area (Å²) in [5.74, 6) is 6.63. The van der Waals surface area contributed by atoms with Crippen molar-refractivity contribution < 1.29 is 18.1 Å². The molecule has 0 aromatic heterocycles. The first-order chi connectivity index (χ1) is 30.6. The zero-order chi connectivity index (χ0) is 49.4. The van der Waals surface area contributed by atoms with Gasteiger partial charge < -0.3 is 0 Å². The molecule has 0 spiro atoms. The van der Waals surface area contributed by atoms with Crippen molar-refractivity contribution in [2.45, 2.75) is 259 Å². The van der Waals surface area contributed by atoms with Crippen LogP contribution in [-0.2, 0) is 18.1 Å². The Morgan fingerprint density at radius 3 is 0.815 bits per heavy atom. The van der Waals surface area contributed by atoms with E-state index in [0.29, 0.717) is 55.3 Å². The van der Waals surface area contributed by atoms with Crippen molar-refractivity contribution in [3.05, 3.63) is 34.9 Å². The fourth-order valence-electron chi connectivity index (χ4n) is 9.20. The summed E-state index contributed by atoms with van der Waals surface area (Å²) in [5.41, 5.74) is 4.07. The van der Waals surface area contributed by atoms with Crippen molar-refractivity contribution in [3.8, 4) is 0 Å². The van der Waals surface area contributed by atoms with Crippen LogP contribution in [-0.4, -0.2) is 19.8 Å². The maximum atomic E-state index is 15.1. The molecule has 0 fully saturated rings. The van der Waals surface area contributed by atoms with Crippen LogP contribution in [0.3, 0.4) is 0 Å². The van der Waals surface area contributed by atoms with Crippen LogP contribution in [0.25, 0.3) is 0 Å². The molecule has 0 bridgehead atoms. The molecule has 0 aliphatic heterocycles. The van der Waals surface area contributed by atoms with Crippen LogP contribution in [0.15, 0.2) is 34.9 Å². The molecule has 65 heavy (non-hydrogen) atoms. The van der Waals surface area contributed by atoms with Crippen LogP contribution in [0.1, 0.15) is 259 Å². The Bertz CT molecular complexity index is 1120. The zero-order valence-electron chi connectivity index (χ0n) is 47.2. The van der Waals surface area contributed by atoms with Crippen LogP contribution in [0.5, 0.6) is 0 Å². The Hall–Kier alpha value is -0.670. The Morgan fingerprint density at radius 2 is 0.600 bits per heavy atom. The Morgan fingerprint density at radius 1 is 0.369 bits per heavy atom. The van der Waals surface area contributed by atoms with Crippen molar-refractivity contribution in [1.29, 1.82) is 0 Å². The summed E-state index contributed by atoms with van der Waals surface area (Å²) in [6, 6.07) is 0. The van der Waals surface area contributed by atoms with Crippen LogP contribution >= 0.6 is 7.82 Å². The Kier molecular flexibility index (Phi) is 37.7. The van der Waals surface area contributed by atoms with Crippen LogP contribution in [0, 0.1) is 71.0 Å². The predicted octanol–water partition coefficient (Wildman–Crippen LogP) is 20.9. The molecule has 0 heterocycles. The van der Waals surface area contributed by atoms with Crippen molar-refractivity contribution in [2.24, 2.45) is 71.0 Å². The van der Waals surface area contributed by atoms with Gasteiger partial charge in [0, 0.05) is 0 Å². The van der Waals surface area contributed by atoms with E-state index in [0.717, 1.165) is 56.3 Å². The van der Waals surface area contributed by atoms with Gasteiger partial charge in [0.25, 0.3) is 0 Å². The molecule has 4 nitrogen and oxygen atoms in total. The Balaban J connectivity index is 6.30. The topological polar surface area (TPSA) is 44.8 Å². The summed E-state index contributed by atoms with van der Waals surface area (Å²) in [6.45, 7) is 42.7. The molecule has 0 aliphatic rings. The van der Waals surface area contributed by atoms with E-state index in [4.69, 9.17) is 13.6 Å². The van der Waals surface area contributed by atoms with Crippen LogP contribution < -0.4 is 0 Å². The highest BCUT2D eigenvalue weighted by molar-refractivity contribution is 7.48. The van der Waals surface area contributed by atoms with E-state index in [2.05, 4.69) is 143 Å². The summed E-state index contributed by atoms with van der Waals surface area (Å²) in [7, 11) is -3.86. The van der Waals surface area contributed by atoms with E-state index in [1.54, 1.807) is 0 Å². The normalized spacial score (nSPS) is 18.5. The van der Waals surface area contributed by atoms with E-state index in [9.17, 15) is 0 Å². The average Bonchev–Trinajstić information content (AvgIpc) is 3.26. The summed E-state index contributed by atoms with van der Waals surface area (Å²) in [5, 5.41) is 0. The number of phosphoric acid groups is 1. The molecule has 0 saturated heterocycles. The quantitative estimate of drug-likeness (QED) is 0.0452. The van der Waals surface area contributed by atoms with E-state index in [1.165, 1.54) is 113 Å². The van der Waals surface area contributed by atoms with Gasteiger partial charge in [-0.3, -0.25) is 13.6 Å². The predicted molar refractivity (Wildman–Crippen MR) is 291 cm³/mol. The van der Waals surface area contributed by atoms with E-state index in [1.807, 2.05) is 0 Å². The average molecular weight is 934 g/mol. The molecule has 0 aliphatic carbocycles. The second kappa shape index (κ2) is 38.1. The van der Waals surface area contributed by atoms with Crippen LogP contribution in [0.2, 0.25) is 0 Å².